The van der Waals surface area contributed by atoms with Gasteiger partial charge in [-0.3, -0.25) is 9.80 Å². The molecule has 2 heterocycles. The van der Waals surface area contributed by atoms with Crippen molar-refractivity contribution >= 4 is 0 Å². The van der Waals surface area contributed by atoms with Gasteiger partial charge in [-0.2, -0.15) is 0 Å². The molecule has 3 nitrogen and oxygen atoms in total. The largest absolute Gasteiger partial charge is 0.314 e. The molecule has 0 aromatic carbocycles. The Morgan fingerprint density at radius 1 is 1.38 bits per heavy atom. The summed E-state index contributed by atoms with van der Waals surface area (Å²) in [6, 6.07) is 0.738. The van der Waals surface area contributed by atoms with Crippen LogP contribution in [-0.4, -0.2) is 61.7 Å². The Labute approximate surface area is 80.4 Å². The van der Waals surface area contributed by atoms with Gasteiger partial charge in [-0.25, -0.2) is 0 Å². The van der Waals surface area contributed by atoms with E-state index < -0.39 is 0 Å². The SMILES string of the molecule is C=CCN1CCN2CCNCC2C1. The number of nitrogens with one attached hydrogen (secondary N) is 1. The summed E-state index contributed by atoms with van der Waals surface area (Å²) in [5.41, 5.74) is 0. The van der Waals surface area contributed by atoms with Crippen LogP contribution >= 0.6 is 0 Å². The normalized spacial score (nSPS) is 31.2. The van der Waals surface area contributed by atoms with E-state index in [9.17, 15) is 0 Å². The van der Waals surface area contributed by atoms with Gasteiger partial charge >= 0.3 is 0 Å². The highest BCUT2D eigenvalue weighted by atomic mass is 15.3. The molecule has 2 aliphatic heterocycles. The van der Waals surface area contributed by atoms with Gasteiger partial charge in [-0.1, -0.05) is 6.08 Å². The quantitative estimate of drug-likeness (QED) is 0.593. The Morgan fingerprint density at radius 2 is 2.31 bits per heavy atom. The Kier molecular flexibility index (Phi) is 2.98. The topological polar surface area (TPSA) is 18.5 Å². The van der Waals surface area contributed by atoms with Gasteiger partial charge < -0.3 is 5.32 Å². The van der Waals surface area contributed by atoms with Gasteiger partial charge in [0.15, 0.2) is 0 Å². The fraction of sp³-hybridized carbons (Fsp3) is 0.800. The smallest absolute Gasteiger partial charge is 0.0349 e. The highest BCUT2D eigenvalue weighted by molar-refractivity contribution is 4.88. The first-order valence-corrected chi connectivity index (χ1v) is 5.18. The van der Waals surface area contributed by atoms with E-state index in [-0.39, 0.29) is 0 Å². The summed E-state index contributed by atoms with van der Waals surface area (Å²) >= 11 is 0. The Morgan fingerprint density at radius 3 is 3.15 bits per heavy atom. The molecule has 2 saturated heterocycles. The molecular formula is C10H19N3. The monoisotopic (exact) mass is 181 g/mol. The number of hydrogen-bond acceptors (Lipinski definition) is 3. The Balaban J connectivity index is 1.87. The summed E-state index contributed by atoms with van der Waals surface area (Å²) in [6.07, 6.45) is 2.01. The molecule has 1 unspecified atom stereocenters. The van der Waals surface area contributed by atoms with Crippen LogP contribution in [0.2, 0.25) is 0 Å². The van der Waals surface area contributed by atoms with Crippen LogP contribution in [0.5, 0.6) is 0 Å². The van der Waals surface area contributed by atoms with Crippen molar-refractivity contribution in [3.8, 4) is 0 Å². The lowest BCUT2D eigenvalue weighted by Gasteiger charge is -2.44. The molecule has 0 radical (unpaired) electrons. The maximum atomic E-state index is 3.79. The maximum absolute atomic E-state index is 3.79. The molecule has 2 rings (SSSR count). The lowest BCUT2D eigenvalue weighted by atomic mass is 10.1. The van der Waals surface area contributed by atoms with Crippen molar-refractivity contribution in [2.45, 2.75) is 6.04 Å². The van der Waals surface area contributed by atoms with Gasteiger partial charge in [-0.15, -0.1) is 6.58 Å². The van der Waals surface area contributed by atoms with Crippen LogP contribution in [0.25, 0.3) is 0 Å². The van der Waals surface area contributed by atoms with Crippen molar-refractivity contribution in [1.29, 1.82) is 0 Å². The van der Waals surface area contributed by atoms with Crippen LogP contribution in [0.15, 0.2) is 12.7 Å². The van der Waals surface area contributed by atoms with Crippen LogP contribution in [-0.2, 0) is 0 Å². The molecule has 0 bridgehead atoms. The van der Waals surface area contributed by atoms with Gasteiger partial charge in [0.2, 0.25) is 0 Å². The summed E-state index contributed by atoms with van der Waals surface area (Å²) in [5.74, 6) is 0. The predicted octanol–water partition coefficient (Wildman–Crippen LogP) is -0.238. The number of nitrogens with zero attached hydrogens (tertiary/aromatic N) is 2. The van der Waals surface area contributed by atoms with Crippen LogP contribution in [0.1, 0.15) is 0 Å². The van der Waals surface area contributed by atoms with E-state index in [0.29, 0.717) is 0 Å². The second kappa shape index (κ2) is 4.22. The molecule has 0 aromatic heterocycles. The lowest BCUT2D eigenvalue weighted by Crippen LogP contribution is -2.60. The molecule has 0 spiro atoms. The third-order valence-electron chi connectivity index (χ3n) is 3.03. The fourth-order valence-electron chi connectivity index (χ4n) is 2.29. The van der Waals surface area contributed by atoms with E-state index in [1.54, 1.807) is 0 Å². The van der Waals surface area contributed by atoms with E-state index in [2.05, 4.69) is 21.7 Å². The van der Waals surface area contributed by atoms with E-state index in [1.165, 1.54) is 26.2 Å². The standard InChI is InChI=1S/C10H19N3/c1-2-4-12-6-7-13-5-3-11-8-10(13)9-12/h2,10-11H,1,3-9H2. The first-order valence-electron chi connectivity index (χ1n) is 5.18. The molecule has 3 heteroatoms. The minimum Gasteiger partial charge on any atom is -0.314 e. The van der Waals surface area contributed by atoms with Crippen molar-refractivity contribution in [1.82, 2.24) is 15.1 Å². The van der Waals surface area contributed by atoms with Crippen molar-refractivity contribution in [3.05, 3.63) is 12.7 Å². The zero-order valence-corrected chi connectivity index (χ0v) is 8.21. The number of rotatable bonds is 2. The Bertz CT molecular complexity index is 181. The molecule has 0 aromatic rings. The van der Waals surface area contributed by atoms with Crippen LogP contribution in [0, 0.1) is 0 Å². The average molecular weight is 181 g/mol. The zero-order chi connectivity index (χ0) is 9.10. The molecular weight excluding hydrogens is 162 g/mol. The van der Waals surface area contributed by atoms with Crippen LogP contribution < -0.4 is 5.32 Å². The minimum absolute atomic E-state index is 0.738. The molecule has 13 heavy (non-hydrogen) atoms. The number of piperazine rings is 2. The van der Waals surface area contributed by atoms with E-state index in [1.807, 2.05) is 6.08 Å². The predicted molar refractivity (Wildman–Crippen MR) is 54.9 cm³/mol. The molecule has 0 amide bonds. The van der Waals surface area contributed by atoms with E-state index in [0.717, 1.165) is 25.7 Å². The molecule has 0 aliphatic carbocycles. The summed E-state index contributed by atoms with van der Waals surface area (Å²) in [5, 5.41) is 3.45. The Hall–Kier alpha value is -0.380. The van der Waals surface area contributed by atoms with E-state index in [4.69, 9.17) is 0 Å². The fourth-order valence-corrected chi connectivity index (χ4v) is 2.29. The van der Waals surface area contributed by atoms with Gasteiger partial charge in [-0.05, 0) is 0 Å². The third-order valence-corrected chi connectivity index (χ3v) is 3.03. The molecule has 74 valence electrons. The van der Waals surface area contributed by atoms with Gasteiger partial charge in [0.25, 0.3) is 0 Å². The summed E-state index contributed by atoms with van der Waals surface area (Å²) in [6.45, 7) is 12.0. The average Bonchev–Trinajstić information content (AvgIpc) is 2.18. The van der Waals surface area contributed by atoms with Crippen molar-refractivity contribution in [2.75, 3.05) is 45.8 Å². The summed E-state index contributed by atoms with van der Waals surface area (Å²) in [4.78, 5) is 5.09. The number of hydrogen-bond donors (Lipinski definition) is 1. The molecule has 0 saturated carbocycles. The zero-order valence-electron chi connectivity index (χ0n) is 8.21. The van der Waals surface area contributed by atoms with Gasteiger partial charge in [0, 0.05) is 51.9 Å². The third kappa shape index (κ3) is 2.10. The van der Waals surface area contributed by atoms with Crippen LogP contribution in [0.3, 0.4) is 0 Å². The highest BCUT2D eigenvalue weighted by Gasteiger charge is 2.27. The van der Waals surface area contributed by atoms with Gasteiger partial charge in [0.1, 0.15) is 0 Å². The van der Waals surface area contributed by atoms with E-state index >= 15 is 0 Å². The maximum Gasteiger partial charge on any atom is 0.0349 e. The first kappa shape index (κ1) is 9.19. The molecule has 1 N–H and O–H groups in total. The molecule has 1 atom stereocenters. The van der Waals surface area contributed by atoms with Crippen molar-refractivity contribution in [3.63, 3.8) is 0 Å². The second-order valence-corrected chi connectivity index (χ2v) is 3.94. The van der Waals surface area contributed by atoms with Crippen molar-refractivity contribution in [2.24, 2.45) is 0 Å². The summed E-state index contributed by atoms with van der Waals surface area (Å²) in [7, 11) is 0. The summed E-state index contributed by atoms with van der Waals surface area (Å²) < 4.78 is 0. The second-order valence-electron chi connectivity index (χ2n) is 3.94. The molecule has 2 aliphatic rings. The minimum atomic E-state index is 0.738. The first-order chi connectivity index (χ1) is 6.40. The lowest BCUT2D eigenvalue weighted by molar-refractivity contribution is 0.0642. The number of fused-ring (bicyclic) bond motifs is 1. The highest BCUT2D eigenvalue weighted by Crippen LogP contribution is 2.10. The van der Waals surface area contributed by atoms with Gasteiger partial charge in [0.05, 0.1) is 0 Å². The van der Waals surface area contributed by atoms with Crippen molar-refractivity contribution < 1.29 is 0 Å². The molecule has 2 fully saturated rings. The van der Waals surface area contributed by atoms with Crippen LogP contribution in [0.4, 0.5) is 0 Å².